The molecule has 4 heteroatoms. The van der Waals surface area contributed by atoms with E-state index in [2.05, 4.69) is 5.43 Å². The number of carbonyl (C=O) groups is 1. The van der Waals surface area contributed by atoms with Gasteiger partial charge in [-0.25, -0.2) is 5.84 Å². The van der Waals surface area contributed by atoms with Gasteiger partial charge in [-0.3, -0.25) is 10.2 Å². The SMILES string of the molecule is CC(C)c1cc(C(=O)NN)cc(C(C)C)c1O. The van der Waals surface area contributed by atoms with Crippen LogP contribution in [-0.2, 0) is 0 Å². The second-order valence-electron chi connectivity index (χ2n) is 4.79. The van der Waals surface area contributed by atoms with Crippen molar-refractivity contribution < 1.29 is 9.90 Å². The van der Waals surface area contributed by atoms with Crippen molar-refractivity contribution in [1.82, 2.24) is 5.43 Å². The van der Waals surface area contributed by atoms with Gasteiger partial charge in [0.25, 0.3) is 5.91 Å². The van der Waals surface area contributed by atoms with E-state index in [1.807, 2.05) is 27.7 Å². The van der Waals surface area contributed by atoms with Crippen molar-refractivity contribution in [2.45, 2.75) is 39.5 Å². The molecule has 0 saturated heterocycles. The molecule has 4 nitrogen and oxygen atoms in total. The minimum absolute atomic E-state index is 0.151. The van der Waals surface area contributed by atoms with Crippen molar-refractivity contribution in [3.63, 3.8) is 0 Å². The van der Waals surface area contributed by atoms with Gasteiger partial charge in [0.1, 0.15) is 5.75 Å². The maximum atomic E-state index is 11.6. The van der Waals surface area contributed by atoms with E-state index in [0.717, 1.165) is 11.1 Å². The molecule has 1 amide bonds. The van der Waals surface area contributed by atoms with Crippen molar-refractivity contribution in [1.29, 1.82) is 0 Å². The average molecular weight is 236 g/mol. The number of hydrogen-bond acceptors (Lipinski definition) is 3. The molecule has 0 saturated carbocycles. The van der Waals surface area contributed by atoms with Crippen LogP contribution in [0.1, 0.15) is 61.0 Å². The highest BCUT2D eigenvalue weighted by molar-refractivity contribution is 5.94. The molecule has 0 aliphatic rings. The molecule has 0 aliphatic carbocycles. The van der Waals surface area contributed by atoms with Crippen molar-refractivity contribution in [2.75, 3.05) is 0 Å². The Morgan fingerprint density at radius 2 is 1.59 bits per heavy atom. The van der Waals surface area contributed by atoms with Crippen LogP contribution >= 0.6 is 0 Å². The third-order valence-corrected chi connectivity index (χ3v) is 2.81. The smallest absolute Gasteiger partial charge is 0.265 e. The van der Waals surface area contributed by atoms with Crippen LogP contribution < -0.4 is 11.3 Å². The van der Waals surface area contributed by atoms with Gasteiger partial charge in [0.2, 0.25) is 0 Å². The summed E-state index contributed by atoms with van der Waals surface area (Å²) in [5.41, 5.74) is 4.14. The Labute approximate surface area is 102 Å². The van der Waals surface area contributed by atoms with E-state index in [0.29, 0.717) is 5.56 Å². The van der Waals surface area contributed by atoms with Gasteiger partial charge in [0, 0.05) is 5.56 Å². The normalized spacial score (nSPS) is 11.0. The van der Waals surface area contributed by atoms with Crippen molar-refractivity contribution in [2.24, 2.45) is 5.84 Å². The lowest BCUT2D eigenvalue weighted by Gasteiger charge is -2.16. The zero-order valence-electron chi connectivity index (χ0n) is 10.7. The van der Waals surface area contributed by atoms with Crippen LogP contribution in [0.5, 0.6) is 5.75 Å². The fraction of sp³-hybridized carbons (Fsp3) is 0.462. The topological polar surface area (TPSA) is 75.4 Å². The summed E-state index contributed by atoms with van der Waals surface area (Å²) in [7, 11) is 0. The number of hydrazine groups is 1. The van der Waals surface area contributed by atoms with Gasteiger partial charge < -0.3 is 5.11 Å². The Bertz CT molecular complexity index is 396. The number of rotatable bonds is 3. The maximum absolute atomic E-state index is 11.6. The second-order valence-corrected chi connectivity index (χ2v) is 4.79. The summed E-state index contributed by atoms with van der Waals surface area (Å²) in [5, 5.41) is 10.1. The molecule has 0 heterocycles. The van der Waals surface area contributed by atoms with Crippen molar-refractivity contribution >= 4 is 5.91 Å². The van der Waals surface area contributed by atoms with Crippen LogP contribution in [0.25, 0.3) is 0 Å². The predicted molar refractivity (Wildman–Crippen MR) is 67.9 cm³/mol. The van der Waals surface area contributed by atoms with E-state index in [4.69, 9.17) is 5.84 Å². The van der Waals surface area contributed by atoms with E-state index in [9.17, 15) is 9.90 Å². The van der Waals surface area contributed by atoms with E-state index in [-0.39, 0.29) is 23.5 Å². The third kappa shape index (κ3) is 2.77. The highest BCUT2D eigenvalue weighted by atomic mass is 16.3. The summed E-state index contributed by atoms with van der Waals surface area (Å²) in [6, 6.07) is 3.38. The molecule has 1 rings (SSSR count). The Morgan fingerprint density at radius 3 is 1.88 bits per heavy atom. The first-order valence-corrected chi connectivity index (χ1v) is 5.76. The third-order valence-electron chi connectivity index (χ3n) is 2.81. The molecule has 94 valence electrons. The molecule has 0 aliphatic heterocycles. The average Bonchev–Trinajstić information content (AvgIpc) is 2.27. The monoisotopic (exact) mass is 236 g/mol. The van der Waals surface area contributed by atoms with Crippen LogP contribution in [0.4, 0.5) is 0 Å². The Kier molecular flexibility index (Phi) is 4.12. The summed E-state index contributed by atoms with van der Waals surface area (Å²) in [5.74, 6) is 5.38. The maximum Gasteiger partial charge on any atom is 0.265 e. The molecule has 0 spiro atoms. The van der Waals surface area contributed by atoms with E-state index < -0.39 is 0 Å². The lowest BCUT2D eigenvalue weighted by Crippen LogP contribution is -2.30. The number of nitrogen functional groups attached to an aromatic ring is 1. The van der Waals surface area contributed by atoms with Gasteiger partial charge in [0.05, 0.1) is 0 Å². The number of phenolic OH excluding ortho intramolecular Hbond substituents is 1. The van der Waals surface area contributed by atoms with Gasteiger partial charge in [0.15, 0.2) is 0 Å². The van der Waals surface area contributed by atoms with Crippen LogP contribution in [0, 0.1) is 0 Å². The summed E-state index contributed by atoms with van der Waals surface area (Å²) in [6.07, 6.45) is 0. The van der Waals surface area contributed by atoms with Gasteiger partial charge in [-0.15, -0.1) is 0 Å². The van der Waals surface area contributed by atoms with E-state index in [1.54, 1.807) is 12.1 Å². The van der Waals surface area contributed by atoms with Crippen LogP contribution in [0.15, 0.2) is 12.1 Å². The fourth-order valence-corrected chi connectivity index (χ4v) is 1.77. The van der Waals surface area contributed by atoms with Gasteiger partial charge in [-0.1, -0.05) is 27.7 Å². The first-order valence-electron chi connectivity index (χ1n) is 5.76. The summed E-state index contributed by atoms with van der Waals surface area (Å²) >= 11 is 0. The molecule has 0 unspecified atom stereocenters. The summed E-state index contributed by atoms with van der Waals surface area (Å²) < 4.78 is 0. The molecule has 4 N–H and O–H groups in total. The van der Waals surface area contributed by atoms with Crippen molar-refractivity contribution in [3.8, 4) is 5.75 Å². The standard InChI is InChI=1S/C13H20N2O2/c1-7(2)10-5-9(13(17)15-14)6-11(8(3)4)12(10)16/h5-8,16H,14H2,1-4H3,(H,15,17). The molecule has 0 radical (unpaired) electrons. The molecule has 0 atom stereocenters. The molecule has 0 aromatic heterocycles. The number of aromatic hydroxyl groups is 1. The van der Waals surface area contributed by atoms with Crippen LogP contribution in [0.3, 0.4) is 0 Å². The van der Waals surface area contributed by atoms with E-state index in [1.165, 1.54) is 0 Å². The molecule has 17 heavy (non-hydrogen) atoms. The minimum atomic E-state index is -0.339. The van der Waals surface area contributed by atoms with Gasteiger partial charge in [-0.2, -0.15) is 0 Å². The van der Waals surface area contributed by atoms with Gasteiger partial charge >= 0.3 is 0 Å². The van der Waals surface area contributed by atoms with Crippen LogP contribution in [-0.4, -0.2) is 11.0 Å². The zero-order valence-corrected chi connectivity index (χ0v) is 10.7. The number of amides is 1. The highest BCUT2D eigenvalue weighted by Gasteiger charge is 2.17. The number of carbonyl (C=O) groups excluding carboxylic acids is 1. The lowest BCUT2D eigenvalue weighted by molar-refractivity contribution is 0.0953. The molecular weight excluding hydrogens is 216 g/mol. The number of hydrogen-bond donors (Lipinski definition) is 3. The zero-order chi connectivity index (χ0) is 13.2. The number of nitrogens with one attached hydrogen (secondary N) is 1. The molecular formula is C13H20N2O2. The van der Waals surface area contributed by atoms with Crippen molar-refractivity contribution in [3.05, 3.63) is 28.8 Å². The number of benzene rings is 1. The molecule has 1 aromatic carbocycles. The summed E-state index contributed by atoms with van der Waals surface area (Å²) in [6.45, 7) is 7.90. The first-order chi connectivity index (χ1) is 7.88. The Balaban J connectivity index is 3.42. The van der Waals surface area contributed by atoms with Gasteiger partial charge in [-0.05, 0) is 35.1 Å². The lowest BCUT2D eigenvalue weighted by atomic mass is 9.91. The highest BCUT2D eigenvalue weighted by Crippen LogP contribution is 2.34. The van der Waals surface area contributed by atoms with Crippen LogP contribution in [0.2, 0.25) is 0 Å². The Hall–Kier alpha value is -1.55. The predicted octanol–water partition coefficient (Wildman–Crippen LogP) is 2.24. The summed E-state index contributed by atoms with van der Waals surface area (Å²) in [4.78, 5) is 11.6. The fourth-order valence-electron chi connectivity index (χ4n) is 1.77. The Morgan fingerprint density at radius 1 is 1.18 bits per heavy atom. The molecule has 0 fully saturated rings. The molecule has 1 aromatic rings. The number of phenols is 1. The minimum Gasteiger partial charge on any atom is -0.507 e. The van der Waals surface area contributed by atoms with E-state index >= 15 is 0 Å². The first kappa shape index (κ1) is 13.5. The largest absolute Gasteiger partial charge is 0.507 e. The second kappa shape index (κ2) is 5.19. The molecule has 0 bridgehead atoms. The number of nitrogens with two attached hydrogens (primary N) is 1. The quantitative estimate of drug-likeness (QED) is 0.428.